The van der Waals surface area contributed by atoms with Crippen molar-refractivity contribution in [1.82, 2.24) is 5.32 Å². The number of aliphatic hydroxyl groups is 1. The van der Waals surface area contributed by atoms with Crippen LogP contribution in [0.15, 0.2) is 18.2 Å². The molecule has 2 rings (SSSR count). The van der Waals surface area contributed by atoms with Crippen molar-refractivity contribution in [1.29, 1.82) is 0 Å². The molecule has 0 amide bonds. The van der Waals surface area contributed by atoms with E-state index in [4.69, 9.17) is 9.47 Å². The number of ether oxygens (including phenoxy) is 2. The summed E-state index contributed by atoms with van der Waals surface area (Å²) in [5.41, 5.74) is 1.09. The normalized spacial score (nSPS) is 22.3. The van der Waals surface area contributed by atoms with Crippen LogP contribution in [0.3, 0.4) is 0 Å². The lowest BCUT2D eigenvalue weighted by atomic mass is 10.1. The summed E-state index contributed by atoms with van der Waals surface area (Å²) >= 11 is 0. The third-order valence-electron chi connectivity index (χ3n) is 3.77. The molecule has 0 aliphatic heterocycles. The van der Waals surface area contributed by atoms with Gasteiger partial charge in [0.15, 0.2) is 0 Å². The Morgan fingerprint density at radius 1 is 1.29 bits per heavy atom. The van der Waals surface area contributed by atoms with Crippen LogP contribution in [-0.4, -0.2) is 30.0 Å². The minimum Gasteiger partial charge on any atom is -0.497 e. The first-order valence-electron chi connectivity index (χ1n) is 7.66. The van der Waals surface area contributed by atoms with Crippen molar-refractivity contribution in [3.05, 3.63) is 23.8 Å². The molecule has 2 unspecified atom stereocenters. The highest BCUT2D eigenvalue weighted by atomic mass is 16.5. The maximum atomic E-state index is 9.94. The van der Waals surface area contributed by atoms with Crippen LogP contribution in [0.1, 0.15) is 45.6 Å². The molecule has 0 heterocycles. The number of methoxy groups -OCH3 is 1. The van der Waals surface area contributed by atoms with Crippen molar-refractivity contribution in [3.63, 3.8) is 0 Å². The van der Waals surface area contributed by atoms with Gasteiger partial charge in [-0.15, -0.1) is 0 Å². The maximum Gasteiger partial charge on any atom is 0.124 e. The van der Waals surface area contributed by atoms with Crippen molar-refractivity contribution in [2.45, 2.75) is 64.3 Å². The predicted molar refractivity (Wildman–Crippen MR) is 83.9 cm³/mol. The van der Waals surface area contributed by atoms with E-state index in [0.717, 1.165) is 36.3 Å². The average molecular weight is 293 g/mol. The Kier molecular flexibility index (Phi) is 5.12. The minimum atomic E-state index is -0.351. The Morgan fingerprint density at radius 3 is 2.62 bits per heavy atom. The first-order chi connectivity index (χ1) is 9.89. The van der Waals surface area contributed by atoms with Crippen LogP contribution in [0.5, 0.6) is 11.5 Å². The SMILES string of the molecule is COc1ccc(OC2CCCC2O)c(CNC(C)(C)C)c1. The fourth-order valence-corrected chi connectivity index (χ4v) is 2.50. The molecule has 4 heteroatoms. The molecule has 1 aromatic rings. The number of hydrogen-bond donors (Lipinski definition) is 2. The number of nitrogens with one attached hydrogen (secondary N) is 1. The van der Waals surface area contributed by atoms with E-state index in [1.807, 2.05) is 18.2 Å². The van der Waals surface area contributed by atoms with Gasteiger partial charge in [0.2, 0.25) is 0 Å². The summed E-state index contributed by atoms with van der Waals surface area (Å²) in [6.07, 6.45) is 2.33. The zero-order chi connectivity index (χ0) is 15.5. The Labute approximate surface area is 127 Å². The van der Waals surface area contributed by atoms with E-state index >= 15 is 0 Å². The van der Waals surface area contributed by atoms with Crippen molar-refractivity contribution < 1.29 is 14.6 Å². The third-order valence-corrected chi connectivity index (χ3v) is 3.77. The van der Waals surface area contributed by atoms with E-state index in [0.29, 0.717) is 6.54 Å². The molecule has 1 aliphatic rings. The summed E-state index contributed by atoms with van der Waals surface area (Å²) in [5.74, 6) is 1.65. The van der Waals surface area contributed by atoms with E-state index in [1.165, 1.54) is 0 Å². The van der Waals surface area contributed by atoms with Gasteiger partial charge in [-0.25, -0.2) is 0 Å². The van der Waals surface area contributed by atoms with Crippen LogP contribution in [0.4, 0.5) is 0 Å². The van der Waals surface area contributed by atoms with Gasteiger partial charge in [0, 0.05) is 17.6 Å². The molecule has 2 N–H and O–H groups in total. The summed E-state index contributed by atoms with van der Waals surface area (Å²) in [5, 5.41) is 13.4. The van der Waals surface area contributed by atoms with Gasteiger partial charge in [0.1, 0.15) is 17.6 Å². The quantitative estimate of drug-likeness (QED) is 0.876. The lowest BCUT2D eigenvalue weighted by molar-refractivity contribution is 0.0596. The van der Waals surface area contributed by atoms with Crippen molar-refractivity contribution >= 4 is 0 Å². The molecule has 0 spiro atoms. The maximum absolute atomic E-state index is 9.94. The number of benzene rings is 1. The van der Waals surface area contributed by atoms with Crippen molar-refractivity contribution in [2.24, 2.45) is 0 Å². The topological polar surface area (TPSA) is 50.7 Å². The molecule has 1 aromatic carbocycles. The minimum absolute atomic E-state index is 0.0349. The van der Waals surface area contributed by atoms with Gasteiger partial charge in [0.05, 0.1) is 13.2 Å². The van der Waals surface area contributed by atoms with Crippen LogP contribution in [-0.2, 0) is 6.54 Å². The molecular formula is C17H27NO3. The van der Waals surface area contributed by atoms with Gasteiger partial charge in [-0.1, -0.05) is 0 Å². The smallest absolute Gasteiger partial charge is 0.124 e. The van der Waals surface area contributed by atoms with Gasteiger partial charge >= 0.3 is 0 Å². The molecule has 1 aliphatic carbocycles. The number of aliphatic hydroxyl groups excluding tert-OH is 1. The summed E-state index contributed by atoms with van der Waals surface area (Å²) in [7, 11) is 1.66. The molecule has 2 atom stereocenters. The summed E-state index contributed by atoms with van der Waals surface area (Å²) in [6.45, 7) is 7.11. The second-order valence-corrected chi connectivity index (χ2v) is 6.73. The van der Waals surface area contributed by atoms with Crippen LogP contribution in [0, 0.1) is 0 Å². The Morgan fingerprint density at radius 2 is 2.05 bits per heavy atom. The van der Waals surface area contributed by atoms with Gasteiger partial charge in [-0.2, -0.15) is 0 Å². The van der Waals surface area contributed by atoms with Gasteiger partial charge in [-0.3, -0.25) is 0 Å². The Hall–Kier alpha value is -1.26. The highest BCUT2D eigenvalue weighted by Crippen LogP contribution is 2.29. The first-order valence-corrected chi connectivity index (χ1v) is 7.66. The third kappa shape index (κ3) is 4.61. The van der Waals surface area contributed by atoms with Crippen molar-refractivity contribution in [2.75, 3.05) is 7.11 Å². The zero-order valence-electron chi connectivity index (χ0n) is 13.5. The molecule has 1 saturated carbocycles. The second-order valence-electron chi connectivity index (χ2n) is 6.73. The standard InChI is InChI=1S/C17H27NO3/c1-17(2,3)18-11-12-10-13(20-4)8-9-15(12)21-16-7-5-6-14(16)19/h8-10,14,16,18-19H,5-7,11H2,1-4H3. The molecule has 118 valence electrons. The average Bonchev–Trinajstić information content (AvgIpc) is 2.82. The lowest BCUT2D eigenvalue weighted by Crippen LogP contribution is -2.35. The van der Waals surface area contributed by atoms with Crippen molar-refractivity contribution in [3.8, 4) is 11.5 Å². The van der Waals surface area contributed by atoms with Gasteiger partial charge < -0.3 is 19.9 Å². The fraction of sp³-hybridized carbons (Fsp3) is 0.647. The molecule has 0 radical (unpaired) electrons. The van der Waals surface area contributed by atoms with E-state index < -0.39 is 0 Å². The fourth-order valence-electron chi connectivity index (χ4n) is 2.50. The summed E-state index contributed by atoms with van der Waals surface area (Å²) in [4.78, 5) is 0. The van der Waals surface area contributed by atoms with E-state index in [-0.39, 0.29) is 17.7 Å². The van der Waals surface area contributed by atoms with Gasteiger partial charge in [-0.05, 0) is 58.2 Å². The summed E-state index contributed by atoms with van der Waals surface area (Å²) < 4.78 is 11.3. The van der Waals surface area contributed by atoms with E-state index in [9.17, 15) is 5.11 Å². The zero-order valence-corrected chi connectivity index (χ0v) is 13.5. The highest BCUT2D eigenvalue weighted by Gasteiger charge is 2.27. The summed E-state index contributed by atoms with van der Waals surface area (Å²) in [6, 6.07) is 5.83. The lowest BCUT2D eigenvalue weighted by Gasteiger charge is -2.24. The molecule has 1 fully saturated rings. The van der Waals surface area contributed by atoms with Crippen LogP contribution in [0.2, 0.25) is 0 Å². The van der Waals surface area contributed by atoms with Crippen LogP contribution >= 0.6 is 0 Å². The number of rotatable bonds is 5. The second kappa shape index (κ2) is 6.67. The number of hydrogen-bond acceptors (Lipinski definition) is 4. The monoisotopic (exact) mass is 293 g/mol. The molecule has 0 aromatic heterocycles. The molecule has 0 bridgehead atoms. The van der Waals surface area contributed by atoms with Gasteiger partial charge in [0.25, 0.3) is 0 Å². The largest absolute Gasteiger partial charge is 0.497 e. The Bertz CT molecular complexity index is 468. The predicted octanol–water partition coefficient (Wildman–Crippen LogP) is 2.88. The molecule has 0 saturated heterocycles. The van der Waals surface area contributed by atoms with E-state index in [1.54, 1.807) is 7.11 Å². The van der Waals surface area contributed by atoms with Crippen LogP contribution in [0.25, 0.3) is 0 Å². The molecule has 21 heavy (non-hydrogen) atoms. The molecular weight excluding hydrogens is 266 g/mol. The molecule has 4 nitrogen and oxygen atoms in total. The van der Waals surface area contributed by atoms with Crippen LogP contribution < -0.4 is 14.8 Å². The highest BCUT2D eigenvalue weighted by molar-refractivity contribution is 5.40. The van der Waals surface area contributed by atoms with E-state index in [2.05, 4.69) is 26.1 Å². The first kappa shape index (κ1) is 16.1. The Balaban J connectivity index is 2.14.